The molecule has 0 radical (unpaired) electrons. The number of nitrogens with zero attached hydrogens (tertiary/aromatic N) is 1. The average Bonchev–Trinajstić information content (AvgIpc) is 2.39. The summed E-state index contributed by atoms with van der Waals surface area (Å²) in [5.41, 5.74) is 1.37. The zero-order chi connectivity index (χ0) is 13.8. The van der Waals surface area contributed by atoms with Crippen LogP contribution in [0.5, 0.6) is 0 Å². The van der Waals surface area contributed by atoms with Crippen LogP contribution in [-0.4, -0.2) is 10.9 Å². The summed E-state index contributed by atoms with van der Waals surface area (Å²) in [6, 6.07) is 10.5. The molecule has 98 valence electrons. The van der Waals surface area contributed by atoms with Crippen molar-refractivity contribution in [3.63, 3.8) is 0 Å². The molecule has 19 heavy (non-hydrogen) atoms. The van der Waals surface area contributed by atoms with Crippen LogP contribution in [0.3, 0.4) is 0 Å². The van der Waals surface area contributed by atoms with Gasteiger partial charge in [0.25, 0.3) is 5.91 Å². The van der Waals surface area contributed by atoms with Crippen molar-refractivity contribution >= 4 is 33.4 Å². The minimum absolute atomic E-state index is 0.156. The Morgan fingerprint density at radius 3 is 2.79 bits per heavy atom. The van der Waals surface area contributed by atoms with Crippen molar-refractivity contribution < 1.29 is 4.79 Å². The number of nitrogens with one attached hydrogen (secondary N) is 1. The molecule has 1 N–H and O–H groups in total. The van der Waals surface area contributed by atoms with E-state index in [0.29, 0.717) is 15.1 Å². The Balaban J connectivity index is 2.13. The van der Waals surface area contributed by atoms with Gasteiger partial charge in [0.1, 0.15) is 0 Å². The molecule has 2 aromatic rings. The second kappa shape index (κ2) is 6.17. The number of carbonyl (C=O) groups excluding carboxylic acids is 1. The highest BCUT2D eigenvalue weighted by atomic mass is 79.9. The van der Waals surface area contributed by atoms with Crippen LogP contribution in [0.25, 0.3) is 0 Å². The van der Waals surface area contributed by atoms with Crippen LogP contribution >= 0.6 is 27.5 Å². The van der Waals surface area contributed by atoms with Crippen molar-refractivity contribution in [2.24, 2.45) is 0 Å². The number of rotatable bonds is 3. The van der Waals surface area contributed by atoms with E-state index in [2.05, 4.69) is 26.2 Å². The van der Waals surface area contributed by atoms with Crippen molar-refractivity contribution in [2.75, 3.05) is 0 Å². The molecule has 1 unspecified atom stereocenters. The van der Waals surface area contributed by atoms with E-state index in [0.717, 1.165) is 5.69 Å². The summed E-state index contributed by atoms with van der Waals surface area (Å²) in [5.74, 6) is -0.165. The molecule has 0 bridgehead atoms. The number of hydrogen-bond donors (Lipinski definition) is 1. The first-order valence-corrected chi connectivity index (χ1v) is 6.92. The molecule has 5 heteroatoms. The summed E-state index contributed by atoms with van der Waals surface area (Å²) >= 11 is 9.18. The largest absolute Gasteiger partial charge is 0.344 e. The molecule has 2 rings (SSSR count). The highest BCUT2D eigenvalue weighted by molar-refractivity contribution is 9.10. The van der Waals surface area contributed by atoms with Gasteiger partial charge in [-0.3, -0.25) is 9.78 Å². The molecule has 1 amide bonds. The highest BCUT2D eigenvalue weighted by Crippen LogP contribution is 2.22. The Hall–Kier alpha value is -1.39. The van der Waals surface area contributed by atoms with E-state index in [1.807, 2.05) is 25.1 Å². The topological polar surface area (TPSA) is 42.0 Å². The SMILES string of the molecule is CC(NC(=O)c1ccc(Cl)cc1Br)c1ccccn1. The maximum absolute atomic E-state index is 12.1. The second-order valence-corrected chi connectivity index (χ2v) is 5.36. The van der Waals surface area contributed by atoms with E-state index in [-0.39, 0.29) is 11.9 Å². The highest BCUT2D eigenvalue weighted by Gasteiger charge is 2.14. The minimum Gasteiger partial charge on any atom is -0.344 e. The lowest BCUT2D eigenvalue weighted by atomic mass is 10.1. The van der Waals surface area contributed by atoms with E-state index in [4.69, 9.17) is 11.6 Å². The van der Waals surface area contributed by atoms with Crippen molar-refractivity contribution in [3.05, 3.63) is 63.3 Å². The summed E-state index contributed by atoms with van der Waals surface area (Å²) in [4.78, 5) is 16.4. The van der Waals surface area contributed by atoms with Crippen LogP contribution in [0.4, 0.5) is 0 Å². The van der Waals surface area contributed by atoms with Crippen LogP contribution in [0.15, 0.2) is 47.1 Å². The lowest BCUT2D eigenvalue weighted by Gasteiger charge is -2.14. The summed E-state index contributed by atoms with van der Waals surface area (Å²) in [7, 11) is 0. The number of halogens is 2. The first-order valence-electron chi connectivity index (χ1n) is 5.75. The monoisotopic (exact) mass is 338 g/mol. The van der Waals surface area contributed by atoms with Gasteiger partial charge >= 0.3 is 0 Å². The third-order valence-electron chi connectivity index (χ3n) is 2.65. The number of hydrogen-bond acceptors (Lipinski definition) is 2. The predicted octanol–water partition coefficient (Wildman–Crippen LogP) is 3.99. The summed E-state index contributed by atoms with van der Waals surface area (Å²) < 4.78 is 0.672. The molecule has 0 fully saturated rings. The Bertz CT molecular complexity index is 589. The normalized spacial score (nSPS) is 11.9. The molecule has 1 atom stereocenters. The average molecular weight is 340 g/mol. The van der Waals surface area contributed by atoms with Gasteiger partial charge in [0.05, 0.1) is 17.3 Å². The van der Waals surface area contributed by atoms with E-state index in [9.17, 15) is 4.79 Å². The Morgan fingerprint density at radius 2 is 2.16 bits per heavy atom. The van der Waals surface area contributed by atoms with Gasteiger partial charge in [-0.05, 0) is 53.2 Å². The summed E-state index contributed by atoms with van der Waals surface area (Å²) in [5, 5.41) is 3.48. The standard InChI is InChI=1S/C14H12BrClN2O/c1-9(13-4-2-3-7-17-13)18-14(19)11-6-5-10(16)8-12(11)15/h2-9H,1H3,(H,18,19). The quantitative estimate of drug-likeness (QED) is 0.918. The first kappa shape index (κ1) is 14.0. The van der Waals surface area contributed by atoms with Crippen LogP contribution < -0.4 is 5.32 Å². The molecule has 0 aliphatic carbocycles. The fourth-order valence-electron chi connectivity index (χ4n) is 1.65. The van der Waals surface area contributed by atoms with Gasteiger partial charge in [-0.25, -0.2) is 0 Å². The molecule has 1 heterocycles. The minimum atomic E-state index is -0.165. The van der Waals surface area contributed by atoms with Gasteiger partial charge in [0.15, 0.2) is 0 Å². The zero-order valence-electron chi connectivity index (χ0n) is 10.2. The Labute approximate surface area is 125 Å². The van der Waals surface area contributed by atoms with E-state index in [1.165, 1.54) is 0 Å². The lowest BCUT2D eigenvalue weighted by Crippen LogP contribution is -2.27. The van der Waals surface area contributed by atoms with Crippen LogP contribution in [0.2, 0.25) is 5.02 Å². The zero-order valence-corrected chi connectivity index (χ0v) is 12.6. The van der Waals surface area contributed by atoms with Gasteiger partial charge in [0.2, 0.25) is 0 Å². The van der Waals surface area contributed by atoms with Crippen molar-refractivity contribution in [3.8, 4) is 0 Å². The first-order chi connectivity index (χ1) is 9.08. The molecule has 0 aliphatic heterocycles. The molecule has 0 saturated carbocycles. The van der Waals surface area contributed by atoms with Crippen molar-refractivity contribution in [1.82, 2.24) is 10.3 Å². The lowest BCUT2D eigenvalue weighted by molar-refractivity contribution is 0.0938. The molecule has 1 aromatic heterocycles. The molecule has 0 saturated heterocycles. The van der Waals surface area contributed by atoms with Crippen LogP contribution in [0.1, 0.15) is 29.0 Å². The second-order valence-electron chi connectivity index (χ2n) is 4.07. The summed E-state index contributed by atoms with van der Waals surface area (Å²) in [6.45, 7) is 1.89. The van der Waals surface area contributed by atoms with Gasteiger partial charge in [-0.1, -0.05) is 17.7 Å². The van der Waals surface area contributed by atoms with Gasteiger partial charge < -0.3 is 5.32 Å². The number of carbonyl (C=O) groups is 1. The maximum Gasteiger partial charge on any atom is 0.252 e. The van der Waals surface area contributed by atoms with Crippen molar-refractivity contribution in [2.45, 2.75) is 13.0 Å². The van der Waals surface area contributed by atoms with Gasteiger partial charge in [-0.2, -0.15) is 0 Å². The van der Waals surface area contributed by atoms with Gasteiger partial charge in [0, 0.05) is 15.7 Å². The number of pyridine rings is 1. The predicted molar refractivity (Wildman–Crippen MR) is 79.3 cm³/mol. The number of benzene rings is 1. The number of amides is 1. The van der Waals surface area contributed by atoms with Gasteiger partial charge in [-0.15, -0.1) is 0 Å². The molecular formula is C14H12BrClN2O. The van der Waals surface area contributed by atoms with Crippen molar-refractivity contribution in [1.29, 1.82) is 0 Å². The molecule has 1 aromatic carbocycles. The van der Waals surface area contributed by atoms with E-state index < -0.39 is 0 Å². The van der Waals surface area contributed by atoms with E-state index >= 15 is 0 Å². The molecule has 0 spiro atoms. The molecular weight excluding hydrogens is 328 g/mol. The van der Waals surface area contributed by atoms with Crippen LogP contribution in [0, 0.1) is 0 Å². The Kier molecular flexibility index (Phi) is 4.56. The van der Waals surface area contributed by atoms with E-state index in [1.54, 1.807) is 24.4 Å². The smallest absolute Gasteiger partial charge is 0.252 e. The fourth-order valence-corrected chi connectivity index (χ4v) is 2.52. The van der Waals surface area contributed by atoms with Crippen LogP contribution in [-0.2, 0) is 0 Å². The Morgan fingerprint density at radius 1 is 1.37 bits per heavy atom. The molecule has 0 aliphatic rings. The summed E-state index contributed by atoms with van der Waals surface area (Å²) in [6.07, 6.45) is 1.70. The number of aromatic nitrogens is 1. The third-order valence-corrected chi connectivity index (χ3v) is 3.55. The fraction of sp³-hybridized carbons (Fsp3) is 0.143. The maximum atomic E-state index is 12.1. The third kappa shape index (κ3) is 3.55. The molecule has 3 nitrogen and oxygen atoms in total.